The second-order valence-corrected chi connectivity index (χ2v) is 8.33. The number of hydrogen-bond donors (Lipinski definition) is 1. The lowest BCUT2D eigenvalue weighted by molar-refractivity contribution is 0.358. The van der Waals surface area contributed by atoms with E-state index in [4.69, 9.17) is 5.73 Å². The SMILES string of the molecule is CCCCCCCCCCCCCCCCCCC(CC)C(N)CC.Cl. The van der Waals surface area contributed by atoms with Crippen molar-refractivity contribution in [1.82, 2.24) is 0 Å². The van der Waals surface area contributed by atoms with E-state index in [1.165, 1.54) is 116 Å². The molecule has 0 aliphatic heterocycles. The first-order chi connectivity index (χ1) is 12.3. The van der Waals surface area contributed by atoms with Crippen LogP contribution < -0.4 is 5.73 Å². The number of halogens is 1. The van der Waals surface area contributed by atoms with Gasteiger partial charge in [0.05, 0.1) is 0 Å². The van der Waals surface area contributed by atoms with Crippen molar-refractivity contribution in [3.8, 4) is 0 Å². The molecule has 0 aliphatic rings. The summed E-state index contributed by atoms with van der Waals surface area (Å²) in [5.74, 6) is 0.761. The molecule has 2 N–H and O–H groups in total. The van der Waals surface area contributed by atoms with Gasteiger partial charge in [-0.3, -0.25) is 0 Å². The lowest BCUT2D eigenvalue weighted by Crippen LogP contribution is -2.28. The van der Waals surface area contributed by atoms with Crippen LogP contribution in [-0.2, 0) is 0 Å². The highest BCUT2D eigenvalue weighted by molar-refractivity contribution is 5.85. The lowest BCUT2D eigenvalue weighted by atomic mass is 9.90. The fraction of sp³-hybridized carbons (Fsp3) is 1.00. The Morgan fingerprint density at radius 1 is 0.500 bits per heavy atom. The van der Waals surface area contributed by atoms with Gasteiger partial charge < -0.3 is 5.73 Å². The van der Waals surface area contributed by atoms with Crippen LogP contribution in [0.25, 0.3) is 0 Å². The van der Waals surface area contributed by atoms with Crippen molar-refractivity contribution in [2.24, 2.45) is 11.7 Å². The van der Waals surface area contributed by atoms with Crippen molar-refractivity contribution >= 4 is 12.4 Å². The Morgan fingerprint density at radius 3 is 1.15 bits per heavy atom. The van der Waals surface area contributed by atoms with E-state index in [0.29, 0.717) is 6.04 Å². The summed E-state index contributed by atoms with van der Waals surface area (Å²) in [7, 11) is 0. The summed E-state index contributed by atoms with van der Waals surface area (Å²) in [6.07, 6.45) is 27.0. The van der Waals surface area contributed by atoms with Crippen molar-refractivity contribution in [2.45, 2.75) is 149 Å². The van der Waals surface area contributed by atoms with Gasteiger partial charge in [0.2, 0.25) is 0 Å². The molecule has 0 radical (unpaired) electrons. The number of rotatable bonds is 20. The van der Waals surface area contributed by atoms with E-state index in [9.17, 15) is 0 Å². The number of nitrogens with two attached hydrogens (primary N) is 1. The maximum absolute atomic E-state index is 6.19. The minimum absolute atomic E-state index is 0. The van der Waals surface area contributed by atoms with Crippen molar-refractivity contribution in [3.63, 3.8) is 0 Å². The first-order valence-corrected chi connectivity index (χ1v) is 12.0. The Bertz CT molecular complexity index is 244. The number of hydrogen-bond acceptors (Lipinski definition) is 1. The van der Waals surface area contributed by atoms with Crippen LogP contribution in [0.5, 0.6) is 0 Å². The van der Waals surface area contributed by atoms with Gasteiger partial charge in [-0.1, -0.05) is 130 Å². The van der Waals surface area contributed by atoms with E-state index in [1.54, 1.807) is 0 Å². The molecule has 2 unspecified atom stereocenters. The fourth-order valence-corrected chi connectivity index (χ4v) is 4.01. The molecule has 0 aromatic heterocycles. The molecule has 1 nitrogen and oxygen atoms in total. The second kappa shape index (κ2) is 23.3. The van der Waals surface area contributed by atoms with E-state index in [1.807, 2.05) is 0 Å². The molecule has 0 spiro atoms. The summed E-state index contributed by atoms with van der Waals surface area (Å²) in [4.78, 5) is 0. The minimum atomic E-state index is 0. The van der Waals surface area contributed by atoms with Gasteiger partial charge in [-0.15, -0.1) is 12.4 Å². The molecule has 0 bridgehead atoms. The monoisotopic (exact) mass is 389 g/mol. The third-order valence-electron chi connectivity index (χ3n) is 6.03. The van der Waals surface area contributed by atoms with Crippen molar-refractivity contribution in [3.05, 3.63) is 0 Å². The summed E-state index contributed by atoms with van der Waals surface area (Å²) < 4.78 is 0. The van der Waals surface area contributed by atoms with E-state index in [-0.39, 0.29) is 12.4 Å². The van der Waals surface area contributed by atoms with Gasteiger partial charge in [-0.05, 0) is 18.8 Å². The molecule has 0 fully saturated rings. The topological polar surface area (TPSA) is 26.0 Å². The summed E-state index contributed by atoms with van der Waals surface area (Å²) in [6.45, 7) is 6.82. The zero-order valence-electron chi connectivity index (χ0n) is 18.6. The Balaban J connectivity index is 0. The quantitative estimate of drug-likeness (QED) is 0.207. The summed E-state index contributed by atoms with van der Waals surface area (Å²) in [6, 6.07) is 0.432. The highest BCUT2D eigenvalue weighted by Crippen LogP contribution is 2.19. The lowest BCUT2D eigenvalue weighted by Gasteiger charge is -2.21. The standard InChI is InChI=1S/C24H51N.ClH/c1-4-7-8-9-10-11-12-13-14-15-16-17-18-19-20-21-22-23(5-2)24(25)6-3;/h23-24H,4-22,25H2,1-3H3;1H. The second-order valence-electron chi connectivity index (χ2n) is 8.33. The Kier molecular flexibility index (Phi) is 25.5. The maximum atomic E-state index is 6.19. The van der Waals surface area contributed by atoms with Crippen molar-refractivity contribution < 1.29 is 0 Å². The third kappa shape index (κ3) is 19.0. The molecule has 0 saturated carbocycles. The number of unbranched alkanes of at least 4 members (excludes halogenated alkanes) is 15. The molecule has 0 rings (SSSR count). The van der Waals surface area contributed by atoms with Crippen LogP contribution in [0.1, 0.15) is 143 Å². The van der Waals surface area contributed by atoms with Gasteiger partial charge in [-0.2, -0.15) is 0 Å². The molecule has 2 heteroatoms. The van der Waals surface area contributed by atoms with Crippen LogP contribution in [0, 0.1) is 5.92 Å². The molecule has 0 aliphatic carbocycles. The molecule has 0 saturated heterocycles. The Morgan fingerprint density at radius 2 is 0.846 bits per heavy atom. The van der Waals surface area contributed by atoms with Gasteiger partial charge in [0, 0.05) is 6.04 Å². The van der Waals surface area contributed by atoms with Gasteiger partial charge in [0.15, 0.2) is 0 Å². The molecule has 26 heavy (non-hydrogen) atoms. The van der Waals surface area contributed by atoms with Gasteiger partial charge in [-0.25, -0.2) is 0 Å². The summed E-state index contributed by atoms with van der Waals surface area (Å²) >= 11 is 0. The predicted octanol–water partition coefficient (Wildman–Crippen LogP) is 8.82. The van der Waals surface area contributed by atoms with E-state index in [2.05, 4.69) is 20.8 Å². The molecule has 160 valence electrons. The molecule has 2 atom stereocenters. The third-order valence-corrected chi connectivity index (χ3v) is 6.03. The highest BCUT2D eigenvalue weighted by atomic mass is 35.5. The molecular formula is C24H52ClN. The Labute approximate surface area is 173 Å². The van der Waals surface area contributed by atoms with E-state index >= 15 is 0 Å². The van der Waals surface area contributed by atoms with E-state index in [0.717, 1.165) is 12.3 Å². The maximum Gasteiger partial charge on any atom is 0.00644 e. The summed E-state index contributed by atoms with van der Waals surface area (Å²) in [5.41, 5.74) is 6.19. The zero-order chi connectivity index (χ0) is 18.6. The van der Waals surface area contributed by atoms with Crippen LogP contribution in [0.3, 0.4) is 0 Å². The van der Waals surface area contributed by atoms with Crippen LogP contribution >= 0.6 is 12.4 Å². The normalized spacial score (nSPS) is 13.4. The smallest absolute Gasteiger partial charge is 0.00644 e. The molecular weight excluding hydrogens is 338 g/mol. The average Bonchev–Trinajstić information content (AvgIpc) is 2.64. The van der Waals surface area contributed by atoms with Crippen LogP contribution in [-0.4, -0.2) is 6.04 Å². The first-order valence-electron chi connectivity index (χ1n) is 12.0. The average molecular weight is 390 g/mol. The molecule has 0 amide bonds. The molecule has 0 aromatic rings. The van der Waals surface area contributed by atoms with Crippen molar-refractivity contribution in [2.75, 3.05) is 0 Å². The van der Waals surface area contributed by atoms with Gasteiger partial charge in [0.1, 0.15) is 0 Å². The van der Waals surface area contributed by atoms with Crippen molar-refractivity contribution in [1.29, 1.82) is 0 Å². The van der Waals surface area contributed by atoms with Crippen LogP contribution in [0.2, 0.25) is 0 Å². The zero-order valence-corrected chi connectivity index (χ0v) is 19.4. The van der Waals surface area contributed by atoms with Crippen LogP contribution in [0.15, 0.2) is 0 Å². The predicted molar refractivity (Wildman–Crippen MR) is 123 cm³/mol. The van der Waals surface area contributed by atoms with Gasteiger partial charge >= 0.3 is 0 Å². The first kappa shape index (κ1) is 28.5. The van der Waals surface area contributed by atoms with Gasteiger partial charge in [0.25, 0.3) is 0 Å². The van der Waals surface area contributed by atoms with E-state index < -0.39 is 0 Å². The minimum Gasteiger partial charge on any atom is -0.327 e. The summed E-state index contributed by atoms with van der Waals surface area (Å²) in [5, 5.41) is 0. The highest BCUT2D eigenvalue weighted by Gasteiger charge is 2.13. The Hall–Kier alpha value is 0.250. The molecule has 0 aromatic carbocycles. The van der Waals surface area contributed by atoms with Crippen LogP contribution in [0.4, 0.5) is 0 Å². The fourth-order valence-electron chi connectivity index (χ4n) is 4.01. The largest absolute Gasteiger partial charge is 0.327 e. The molecule has 0 heterocycles.